The Labute approximate surface area is 125 Å². The lowest BCUT2D eigenvalue weighted by Gasteiger charge is -2.33. The Morgan fingerprint density at radius 1 is 1.14 bits per heavy atom. The number of rotatable bonds is 4. The second kappa shape index (κ2) is 6.22. The van der Waals surface area contributed by atoms with Gasteiger partial charge in [-0.3, -0.25) is 0 Å². The highest BCUT2D eigenvalue weighted by molar-refractivity contribution is 5.44. The quantitative estimate of drug-likeness (QED) is 0.884. The van der Waals surface area contributed by atoms with Gasteiger partial charge in [0, 0.05) is 38.6 Å². The highest BCUT2D eigenvalue weighted by atomic mass is 16.6. The Morgan fingerprint density at radius 2 is 1.86 bits per heavy atom. The molecule has 0 amide bonds. The van der Waals surface area contributed by atoms with E-state index >= 15 is 0 Å². The highest BCUT2D eigenvalue weighted by Gasteiger charge is 2.30. The van der Waals surface area contributed by atoms with Crippen LogP contribution in [0.3, 0.4) is 0 Å². The molecule has 2 heterocycles. The van der Waals surface area contributed by atoms with Crippen LogP contribution in [0.4, 0.5) is 0 Å². The molecule has 0 radical (unpaired) electrons. The van der Waals surface area contributed by atoms with Gasteiger partial charge in [0.05, 0.1) is 5.60 Å². The monoisotopic (exact) mass is 293 g/mol. The number of ether oxygens (including phenoxy) is 3. The highest BCUT2D eigenvalue weighted by Crippen LogP contribution is 2.32. The smallest absolute Gasteiger partial charge is 0.161 e. The van der Waals surface area contributed by atoms with Gasteiger partial charge in [-0.25, -0.2) is 0 Å². The number of aliphatic hydroxyl groups is 1. The van der Waals surface area contributed by atoms with Gasteiger partial charge in [-0.1, -0.05) is 6.07 Å². The third-order valence-electron chi connectivity index (χ3n) is 4.23. The van der Waals surface area contributed by atoms with Gasteiger partial charge < -0.3 is 24.6 Å². The summed E-state index contributed by atoms with van der Waals surface area (Å²) in [4.78, 5) is 0. The van der Waals surface area contributed by atoms with Crippen LogP contribution in [0, 0.1) is 0 Å². The van der Waals surface area contributed by atoms with Crippen molar-refractivity contribution in [3.8, 4) is 11.5 Å². The Kier molecular flexibility index (Phi) is 4.33. The molecule has 2 aliphatic rings. The molecule has 2 aliphatic heterocycles. The minimum atomic E-state index is -0.652. The van der Waals surface area contributed by atoms with E-state index in [1.807, 2.05) is 18.2 Å². The van der Waals surface area contributed by atoms with Gasteiger partial charge in [0.1, 0.15) is 13.2 Å². The van der Waals surface area contributed by atoms with Crippen molar-refractivity contribution < 1.29 is 19.3 Å². The summed E-state index contributed by atoms with van der Waals surface area (Å²) in [5.41, 5.74) is 0.482. The molecule has 5 heteroatoms. The first kappa shape index (κ1) is 14.6. The number of fused-ring (bicyclic) bond motifs is 1. The maximum Gasteiger partial charge on any atom is 0.161 e. The van der Waals surface area contributed by atoms with E-state index in [4.69, 9.17) is 14.2 Å². The molecule has 0 spiro atoms. The predicted octanol–water partition coefficient (Wildman–Crippen LogP) is 1.65. The molecule has 1 unspecified atom stereocenters. The lowest BCUT2D eigenvalue weighted by Crippen LogP contribution is -2.45. The van der Waals surface area contributed by atoms with Gasteiger partial charge in [0.25, 0.3) is 0 Å². The van der Waals surface area contributed by atoms with Crippen molar-refractivity contribution in [1.29, 1.82) is 0 Å². The maximum absolute atomic E-state index is 10.5. The van der Waals surface area contributed by atoms with E-state index < -0.39 is 5.60 Å². The van der Waals surface area contributed by atoms with E-state index in [9.17, 15) is 5.11 Å². The molecule has 2 N–H and O–H groups in total. The molecule has 0 bridgehead atoms. The Hall–Kier alpha value is -1.30. The summed E-state index contributed by atoms with van der Waals surface area (Å²) in [7, 11) is 0. The van der Waals surface area contributed by atoms with E-state index in [1.165, 1.54) is 0 Å². The summed E-state index contributed by atoms with van der Waals surface area (Å²) in [6.07, 6.45) is 1.38. The normalized spacial score (nSPS) is 21.8. The second-order valence-electron chi connectivity index (χ2n) is 5.84. The Morgan fingerprint density at radius 3 is 2.62 bits per heavy atom. The zero-order valence-corrected chi connectivity index (χ0v) is 12.4. The molecule has 1 saturated heterocycles. The van der Waals surface area contributed by atoms with E-state index in [2.05, 4.69) is 12.2 Å². The van der Waals surface area contributed by atoms with Crippen molar-refractivity contribution in [2.24, 2.45) is 0 Å². The minimum Gasteiger partial charge on any atom is -0.486 e. The second-order valence-corrected chi connectivity index (χ2v) is 5.84. The van der Waals surface area contributed by atoms with E-state index in [1.54, 1.807) is 0 Å². The van der Waals surface area contributed by atoms with E-state index in [-0.39, 0.29) is 6.04 Å². The lowest BCUT2D eigenvalue weighted by atomic mass is 9.94. The predicted molar refractivity (Wildman–Crippen MR) is 78.9 cm³/mol. The fourth-order valence-corrected chi connectivity index (χ4v) is 2.72. The standard InChI is InChI=1S/C16H23NO4/c1-12(17-11-16(18)4-6-19-7-5-16)13-2-3-14-15(10-13)21-9-8-20-14/h2-3,10,12,17-18H,4-9,11H2,1H3. The largest absolute Gasteiger partial charge is 0.486 e. The summed E-state index contributed by atoms with van der Waals surface area (Å²) in [5, 5.41) is 13.9. The zero-order valence-electron chi connectivity index (χ0n) is 12.4. The van der Waals surface area contributed by atoms with Crippen molar-refractivity contribution in [3.63, 3.8) is 0 Å². The summed E-state index contributed by atoms with van der Waals surface area (Å²) in [6.45, 7) is 5.14. The SMILES string of the molecule is CC(NCC1(O)CCOCC1)c1ccc2c(c1)OCCO2. The molecule has 21 heavy (non-hydrogen) atoms. The lowest BCUT2D eigenvalue weighted by molar-refractivity contribution is -0.0626. The Balaban J connectivity index is 1.61. The number of benzene rings is 1. The summed E-state index contributed by atoms with van der Waals surface area (Å²) in [5.74, 6) is 1.61. The first-order valence-electron chi connectivity index (χ1n) is 7.59. The molecule has 1 atom stereocenters. The van der Waals surface area contributed by atoms with Gasteiger partial charge in [-0.15, -0.1) is 0 Å². The fourth-order valence-electron chi connectivity index (χ4n) is 2.72. The molecule has 3 rings (SSSR count). The topological polar surface area (TPSA) is 60.0 Å². The van der Waals surface area contributed by atoms with Crippen molar-refractivity contribution in [1.82, 2.24) is 5.32 Å². The average molecular weight is 293 g/mol. The molecule has 0 saturated carbocycles. The molecule has 1 fully saturated rings. The van der Waals surface area contributed by atoms with Crippen LogP contribution >= 0.6 is 0 Å². The molecular weight excluding hydrogens is 270 g/mol. The molecule has 0 aromatic heterocycles. The molecule has 1 aromatic carbocycles. The van der Waals surface area contributed by atoms with Crippen LogP contribution in [-0.2, 0) is 4.74 Å². The average Bonchev–Trinajstić information content (AvgIpc) is 2.53. The first-order chi connectivity index (χ1) is 10.2. The van der Waals surface area contributed by atoms with Gasteiger partial charge >= 0.3 is 0 Å². The number of hydrogen-bond acceptors (Lipinski definition) is 5. The van der Waals surface area contributed by atoms with Crippen molar-refractivity contribution in [3.05, 3.63) is 23.8 Å². The van der Waals surface area contributed by atoms with Gasteiger partial charge in [-0.2, -0.15) is 0 Å². The van der Waals surface area contributed by atoms with Crippen LogP contribution in [0.5, 0.6) is 11.5 Å². The zero-order chi connectivity index (χ0) is 14.7. The molecule has 116 valence electrons. The fraction of sp³-hybridized carbons (Fsp3) is 0.625. The van der Waals surface area contributed by atoms with Gasteiger partial charge in [-0.05, 0) is 24.6 Å². The number of hydrogen-bond donors (Lipinski definition) is 2. The minimum absolute atomic E-state index is 0.146. The van der Waals surface area contributed by atoms with Crippen LogP contribution in [0.15, 0.2) is 18.2 Å². The van der Waals surface area contributed by atoms with Crippen molar-refractivity contribution in [2.45, 2.75) is 31.4 Å². The van der Waals surface area contributed by atoms with Crippen LogP contribution in [0.1, 0.15) is 31.4 Å². The van der Waals surface area contributed by atoms with Crippen LogP contribution in [0.2, 0.25) is 0 Å². The van der Waals surface area contributed by atoms with Crippen molar-refractivity contribution >= 4 is 0 Å². The van der Waals surface area contributed by atoms with Crippen LogP contribution in [-0.4, -0.2) is 43.7 Å². The summed E-state index contributed by atoms with van der Waals surface area (Å²) < 4.78 is 16.4. The van der Waals surface area contributed by atoms with Gasteiger partial charge in [0.2, 0.25) is 0 Å². The molecule has 5 nitrogen and oxygen atoms in total. The van der Waals surface area contributed by atoms with Gasteiger partial charge in [0.15, 0.2) is 11.5 Å². The molecule has 0 aliphatic carbocycles. The number of nitrogens with one attached hydrogen (secondary N) is 1. The third kappa shape index (κ3) is 3.48. The van der Waals surface area contributed by atoms with E-state index in [0.717, 1.165) is 17.1 Å². The van der Waals surface area contributed by atoms with Crippen LogP contribution in [0.25, 0.3) is 0 Å². The van der Waals surface area contributed by atoms with Crippen molar-refractivity contribution in [2.75, 3.05) is 33.0 Å². The van der Waals surface area contributed by atoms with E-state index in [0.29, 0.717) is 45.8 Å². The van der Waals surface area contributed by atoms with Crippen LogP contribution < -0.4 is 14.8 Å². The first-order valence-corrected chi connectivity index (χ1v) is 7.59. The summed E-state index contributed by atoms with van der Waals surface area (Å²) in [6, 6.07) is 6.15. The summed E-state index contributed by atoms with van der Waals surface area (Å²) >= 11 is 0. The molecule has 1 aromatic rings. The maximum atomic E-state index is 10.5. The molecular formula is C16H23NO4. The Bertz CT molecular complexity index is 485. The third-order valence-corrected chi connectivity index (χ3v) is 4.23.